The molecule has 11 nitrogen and oxygen atoms in total. The Hall–Kier alpha value is -3.34. The molecule has 47 heavy (non-hydrogen) atoms. The van der Waals surface area contributed by atoms with Crippen molar-refractivity contribution in [1.82, 2.24) is 15.4 Å². The second kappa shape index (κ2) is 26.7. The molecule has 0 aliphatic rings. The summed E-state index contributed by atoms with van der Waals surface area (Å²) in [6, 6.07) is 7.06. The zero-order valence-corrected chi connectivity index (χ0v) is 29.5. The number of rotatable bonds is 25. The van der Waals surface area contributed by atoms with E-state index in [1.807, 2.05) is 35.9 Å². The fourth-order valence-electron chi connectivity index (χ4n) is 5.13. The van der Waals surface area contributed by atoms with Crippen molar-refractivity contribution in [2.24, 2.45) is 0 Å². The molecule has 266 valence electrons. The van der Waals surface area contributed by atoms with E-state index in [4.69, 9.17) is 18.7 Å². The van der Waals surface area contributed by atoms with Crippen LogP contribution in [0.3, 0.4) is 0 Å². The van der Waals surface area contributed by atoms with Gasteiger partial charge < -0.3 is 36.5 Å². The van der Waals surface area contributed by atoms with Crippen LogP contribution in [0.2, 0.25) is 0 Å². The maximum absolute atomic E-state index is 12.9. The van der Waals surface area contributed by atoms with Gasteiger partial charge in [-0.05, 0) is 18.5 Å². The molecule has 1 N–H and O–H groups in total. The normalized spacial score (nSPS) is 11.3. The molecule has 0 bridgehead atoms. The van der Waals surface area contributed by atoms with Crippen molar-refractivity contribution in [2.75, 3.05) is 19.8 Å². The van der Waals surface area contributed by atoms with Gasteiger partial charge in [-0.2, -0.15) is 0 Å². The van der Waals surface area contributed by atoms with E-state index >= 15 is 0 Å². The zero-order valence-electron chi connectivity index (χ0n) is 28.8. The van der Waals surface area contributed by atoms with Crippen LogP contribution in [0.1, 0.15) is 123 Å². The summed E-state index contributed by atoms with van der Waals surface area (Å²) in [5.41, 5.74) is 0.779. The Morgan fingerprint density at radius 1 is 0.851 bits per heavy atom. The average molecular weight is 681 g/mol. The average Bonchev–Trinajstić information content (AvgIpc) is 3.57. The van der Waals surface area contributed by atoms with Crippen molar-refractivity contribution in [1.29, 1.82) is 0 Å². The van der Waals surface area contributed by atoms with Crippen LogP contribution < -0.4 is 27.0 Å². The van der Waals surface area contributed by atoms with E-state index in [1.165, 1.54) is 96.3 Å². The Morgan fingerprint density at radius 2 is 1.45 bits per heavy atom. The Morgan fingerprint density at radius 3 is 2.00 bits per heavy atom. The minimum absolute atomic E-state index is 0. The molecule has 2 rings (SSSR count). The number of carbonyl (C=O) groups is 3. The van der Waals surface area contributed by atoms with Crippen molar-refractivity contribution in [3.05, 3.63) is 42.4 Å². The standard InChI is InChI=1S/C35H56N4O7.ClH/c1-4-6-7-8-9-10-11-12-13-14-15-16-17-18-20-24-36-34(41)43-28-32(46-33-23-26-45-37-33)29-44-35(42)39(30(3)40)27-31-22-19-21-25-38(31)5-2;/h19,21-23,25-26,32H,4-18,20,24,27-29H2,1-3H3;1H/t32-;/m0./s1. The predicted molar refractivity (Wildman–Crippen MR) is 175 cm³/mol. The summed E-state index contributed by atoms with van der Waals surface area (Å²) in [6.45, 7) is 6.32. The highest BCUT2D eigenvalue weighted by Crippen LogP contribution is 2.14. The molecule has 0 aromatic carbocycles. The summed E-state index contributed by atoms with van der Waals surface area (Å²) in [5.74, 6) is -0.306. The zero-order chi connectivity index (χ0) is 33.2. The Kier molecular flexibility index (Phi) is 23.7. The molecule has 2 aromatic rings. The molecule has 3 amide bonds. The Bertz CT molecular complexity index is 1100. The van der Waals surface area contributed by atoms with Crippen molar-refractivity contribution < 1.29 is 50.1 Å². The molecule has 2 heterocycles. The second-order valence-electron chi connectivity index (χ2n) is 11.7. The first-order valence-corrected chi connectivity index (χ1v) is 17.3. The highest BCUT2D eigenvalue weighted by molar-refractivity contribution is 5.90. The lowest BCUT2D eigenvalue weighted by molar-refractivity contribution is -0.701. The highest BCUT2D eigenvalue weighted by atomic mass is 35.5. The number of aryl methyl sites for hydroxylation is 1. The van der Waals surface area contributed by atoms with E-state index < -0.39 is 24.2 Å². The summed E-state index contributed by atoms with van der Waals surface area (Å²) in [4.78, 5) is 38.5. The summed E-state index contributed by atoms with van der Waals surface area (Å²) in [6.07, 6.45) is 20.2. The number of hydrogen-bond donors (Lipinski definition) is 1. The number of ether oxygens (including phenoxy) is 3. The number of aromatic nitrogens is 2. The van der Waals surface area contributed by atoms with Gasteiger partial charge in [0, 0.05) is 31.7 Å². The van der Waals surface area contributed by atoms with Crippen LogP contribution in [0.4, 0.5) is 9.59 Å². The smallest absolute Gasteiger partial charge is 0.417 e. The number of pyridine rings is 1. The summed E-state index contributed by atoms with van der Waals surface area (Å²) in [5, 5.41) is 6.48. The first kappa shape index (κ1) is 41.7. The van der Waals surface area contributed by atoms with Gasteiger partial charge in [-0.1, -0.05) is 103 Å². The van der Waals surface area contributed by atoms with E-state index in [0.29, 0.717) is 13.1 Å². The molecular formula is C35H57ClN4O7. The van der Waals surface area contributed by atoms with Gasteiger partial charge >= 0.3 is 12.2 Å². The van der Waals surface area contributed by atoms with Crippen molar-refractivity contribution >= 4 is 18.1 Å². The number of nitrogens with zero attached hydrogens (tertiary/aromatic N) is 3. The molecular weight excluding hydrogens is 624 g/mol. The molecule has 2 aromatic heterocycles. The largest absolute Gasteiger partial charge is 1.00 e. The molecule has 0 radical (unpaired) electrons. The third-order valence-corrected chi connectivity index (χ3v) is 7.84. The lowest BCUT2D eigenvalue weighted by Crippen LogP contribution is -3.00. The number of hydrogen-bond acceptors (Lipinski definition) is 8. The van der Waals surface area contributed by atoms with Crippen molar-refractivity contribution in [3.8, 4) is 5.88 Å². The van der Waals surface area contributed by atoms with Crippen LogP contribution in [-0.2, 0) is 27.4 Å². The van der Waals surface area contributed by atoms with Gasteiger partial charge in [-0.3, -0.25) is 4.79 Å². The number of imide groups is 1. The first-order valence-electron chi connectivity index (χ1n) is 17.3. The third kappa shape index (κ3) is 19.2. The molecule has 1 atom stereocenters. The van der Waals surface area contributed by atoms with Crippen LogP contribution in [0.15, 0.2) is 41.2 Å². The minimum atomic E-state index is -0.864. The van der Waals surface area contributed by atoms with Crippen LogP contribution in [0, 0.1) is 0 Å². The maximum atomic E-state index is 12.9. The molecule has 0 aliphatic heterocycles. The van der Waals surface area contributed by atoms with Gasteiger partial charge in [0.05, 0.1) is 0 Å². The van der Waals surface area contributed by atoms with Gasteiger partial charge in [-0.25, -0.2) is 19.1 Å². The van der Waals surface area contributed by atoms with Gasteiger partial charge in [0.2, 0.25) is 11.6 Å². The summed E-state index contributed by atoms with van der Waals surface area (Å²) in [7, 11) is 0. The summed E-state index contributed by atoms with van der Waals surface area (Å²) < 4.78 is 23.2. The lowest BCUT2D eigenvalue weighted by Gasteiger charge is -2.21. The van der Waals surface area contributed by atoms with E-state index in [9.17, 15) is 14.4 Å². The fraction of sp³-hybridized carbons (Fsp3) is 0.686. The molecule has 0 unspecified atom stereocenters. The van der Waals surface area contributed by atoms with Gasteiger partial charge in [-0.15, -0.1) is 0 Å². The van der Waals surface area contributed by atoms with Crippen molar-refractivity contribution in [2.45, 2.75) is 136 Å². The number of nitrogens with one attached hydrogen (secondary N) is 1. The first-order chi connectivity index (χ1) is 22.4. The Labute approximate surface area is 287 Å². The minimum Gasteiger partial charge on any atom is -1.00 e. The quantitative estimate of drug-likeness (QED) is 0.120. The van der Waals surface area contributed by atoms with Gasteiger partial charge in [0.1, 0.15) is 32.6 Å². The number of amides is 3. The van der Waals surface area contributed by atoms with E-state index in [1.54, 1.807) is 0 Å². The predicted octanol–water partition coefficient (Wildman–Crippen LogP) is 4.52. The number of halogens is 1. The molecule has 0 aliphatic carbocycles. The third-order valence-electron chi connectivity index (χ3n) is 7.84. The van der Waals surface area contributed by atoms with E-state index in [0.717, 1.165) is 29.9 Å². The molecule has 0 saturated heterocycles. The van der Waals surface area contributed by atoms with Crippen LogP contribution >= 0.6 is 0 Å². The van der Waals surface area contributed by atoms with Crippen LogP contribution in [0.25, 0.3) is 0 Å². The molecule has 12 heteroatoms. The van der Waals surface area contributed by atoms with E-state index in [2.05, 4.69) is 17.4 Å². The number of carbonyl (C=O) groups excluding carboxylic acids is 3. The van der Waals surface area contributed by atoms with Gasteiger partial charge in [0.15, 0.2) is 12.3 Å². The fourth-order valence-corrected chi connectivity index (χ4v) is 5.13. The monoisotopic (exact) mass is 680 g/mol. The Balaban J connectivity index is 0.0000110. The molecule has 0 saturated carbocycles. The SMILES string of the molecule is CCCCCCCCCCCCCCCCCNC(=O)OC[C@@H](COC(=O)N(Cc1cccc[n+]1CC)C(C)=O)Oc1ccon1.[Cl-]. The maximum Gasteiger partial charge on any atom is 0.417 e. The highest BCUT2D eigenvalue weighted by Gasteiger charge is 2.26. The van der Waals surface area contributed by atoms with E-state index in [-0.39, 0.29) is 38.0 Å². The van der Waals surface area contributed by atoms with Crippen molar-refractivity contribution in [3.63, 3.8) is 0 Å². The summed E-state index contributed by atoms with van der Waals surface area (Å²) >= 11 is 0. The molecule has 0 spiro atoms. The number of unbranched alkanes of at least 4 members (excludes halogenated alkanes) is 14. The lowest BCUT2D eigenvalue weighted by atomic mass is 10.0. The molecule has 0 fully saturated rings. The van der Waals surface area contributed by atoms with Crippen LogP contribution in [-0.4, -0.2) is 54.0 Å². The second-order valence-corrected chi connectivity index (χ2v) is 11.7. The van der Waals surface area contributed by atoms with Gasteiger partial charge in [0.25, 0.3) is 5.88 Å². The topological polar surface area (TPSA) is 124 Å². The number of alkyl carbamates (subject to hydrolysis) is 1. The van der Waals surface area contributed by atoms with Crippen LogP contribution in [0.5, 0.6) is 5.88 Å².